The first kappa shape index (κ1) is 15.1. The molecule has 0 spiro atoms. The Balaban J connectivity index is 2.13. The first-order valence-electron chi connectivity index (χ1n) is 5.85. The van der Waals surface area contributed by atoms with Gasteiger partial charge in [0.05, 0.1) is 0 Å². The second-order valence-corrected chi connectivity index (χ2v) is 5.59. The molecule has 5 unspecified atom stereocenters. The fourth-order valence-electron chi connectivity index (χ4n) is 1.83. The van der Waals surface area contributed by atoms with E-state index in [9.17, 15) is 20.1 Å². The summed E-state index contributed by atoms with van der Waals surface area (Å²) in [7, 11) is 0. The average Bonchev–Trinajstić information content (AvgIpc) is 2.41. The fraction of sp³-hybridized carbons (Fsp3) is 0.417. The molecule has 6 N–H and O–H groups in total. The summed E-state index contributed by atoms with van der Waals surface area (Å²) in [5.41, 5.74) is 5.11. The Hall–Kier alpha value is -1.32. The van der Waals surface area contributed by atoms with Gasteiger partial charge in [0.2, 0.25) is 0 Å². The summed E-state index contributed by atoms with van der Waals surface area (Å²) in [5.74, 6) is -1.40. The highest BCUT2D eigenvalue weighted by Gasteiger charge is 2.47. The van der Waals surface area contributed by atoms with E-state index in [0.717, 1.165) is 11.8 Å². The molecular weight excluding hydrogens is 286 g/mol. The molecule has 0 amide bonds. The third-order valence-corrected chi connectivity index (χ3v) is 4.11. The summed E-state index contributed by atoms with van der Waals surface area (Å²) in [4.78, 5) is 11.6. The third kappa shape index (κ3) is 3.05. The van der Waals surface area contributed by atoms with Gasteiger partial charge in [-0.25, -0.2) is 4.79 Å². The number of aliphatic carboxylic acids is 1. The van der Waals surface area contributed by atoms with Crippen molar-refractivity contribution in [3.63, 3.8) is 0 Å². The lowest BCUT2D eigenvalue weighted by atomic mass is 10.0. The van der Waals surface area contributed by atoms with Crippen LogP contribution in [0.15, 0.2) is 29.2 Å². The zero-order valence-corrected chi connectivity index (χ0v) is 11.1. The quantitative estimate of drug-likeness (QED) is 0.461. The average molecular weight is 301 g/mol. The minimum Gasteiger partial charge on any atom is -0.479 e. The van der Waals surface area contributed by atoms with Gasteiger partial charge in [-0.05, 0) is 24.3 Å². The van der Waals surface area contributed by atoms with Crippen LogP contribution in [0.2, 0.25) is 0 Å². The highest BCUT2D eigenvalue weighted by atomic mass is 32.2. The second-order valence-electron chi connectivity index (χ2n) is 4.42. The van der Waals surface area contributed by atoms with Gasteiger partial charge in [-0.1, -0.05) is 11.8 Å². The van der Waals surface area contributed by atoms with Crippen LogP contribution in [0.3, 0.4) is 0 Å². The van der Waals surface area contributed by atoms with E-state index in [0.29, 0.717) is 10.6 Å². The molecular formula is C12H15NO6S. The minimum atomic E-state index is -1.68. The molecule has 0 radical (unpaired) electrons. The number of benzene rings is 1. The maximum absolute atomic E-state index is 11.0. The summed E-state index contributed by atoms with van der Waals surface area (Å²) >= 11 is 1.05. The van der Waals surface area contributed by atoms with Crippen molar-refractivity contribution in [2.24, 2.45) is 0 Å². The standard InChI is InChI=1S/C12H15NO6S/c13-5-1-3-6(4-2-5)20-12-9(16)7(14)8(15)10(19-12)11(17)18/h1-4,7-10,12,14-16H,13H2,(H,17,18). The number of thioether (sulfide) groups is 1. The maximum atomic E-state index is 11.0. The maximum Gasteiger partial charge on any atom is 0.335 e. The molecule has 1 saturated heterocycles. The Morgan fingerprint density at radius 2 is 1.70 bits per heavy atom. The molecule has 0 saturated carbocycles. The topological polar surface area (TPSA) is 133 Å². The molecule has 0 aromatic heterocycles. The fourth-order valence-corrected chi connectivity index (χ4v) is 2.87. The van der Waals surface area contributed by atoms with Crippen LogP contribution in [0.5, 0.6) is 0 Å². The number of ether oxygens (including phenoxy) is 1. The van der Waals surface area contributed by atoms with Gasteiger partial charge in [-0.3, -0.25) is 0 Å². The zero-order valence-electron chi connectivity index (χ0n) is 10.3. The molecule has 2 rings (SSSR count). The summed E-state index contributed by atoms with van der Waals surface area (Å²) in [6.45, 7) is 0. The Labute approximate surface area is 119 Å². The Kier molecular flexibility index (Phi) is 4.51. The second kappa shape index (κ2) is 5.98. The van der Waals surface area contributed by atoms with E-state index in [1.54, 1.807) is 24.3 Å². The number of carbonyl (C=O) groups is 1. The number of aliphatic hydroxyl groups excluding tert-OH is 3. The summed E-state index contributed by atoms with van der Waals surface area (Å²) in [6, 6.07) is 6.67. The van der Waals surface area contributed by atoms with Crippen molar-refractivity contribution >= 4 is 23.4 Å². The monoisotopic (exact) mass is 301 g/mol. The number of carboxylic acid groups (broad SMARTS) is 1. The number of nitrogen functional groups attached to an aromatic ring is 1. The number of rotatable bonds is 3. The van der Waals surface area contributed by atoms with Gasteiger partial charge in [-0.15, -0.1) is 0 Å². The molecule has 1 aliphatic rings. The van der Waals surface area contributed by atoms with Gasteiger partial charge in [0.1, 0.15) is 23.7 Å². The number of aliphatic hydroxyl groups is 3. The molecule has 7 nitrogen and oxygen atoms in total. The van der Waals surface area contributed by atoms with Crippen molar-refractivity contribution in [2.75, 3.05) is 5.73 Å². The van der Waals surface area contributed by atoms with Gasteiger partial charge >= 0.3 is 5.97 Å². The van der Waals surface area contributed by atoms with Crippen molar-refractivity contribution < 1.29 is 30.0 Å². The molecule has 0 bridgehead atoms. The van der Waals surface area contributed by atoms with Crippen molar-refractivity contribution in [1.82, 2.24) is 0 Å². The number of hydrogen-bond acceptors (Lipinski definition) is 7. The number of carboxylic acids is 1. The summed E-state index contributed by atoms with van der Waals surface area (Å²) in [6.07, 6.45) is -6.25. The van der Waals surface area contributed by atoms with Gasteiger partial charge in [0.15, 0.2) is 6.10 Å². The normalized spacial score (nSPS) is 33.9. The molecule has 1 aromatic carbocycles. The van der Waals surface area contributed by atoms with E-state index in [2.05, 4.69) is 0 Å². The highest BCUT2D eigenvalue weighted by Crippen LogP contribution is 2.33. The van der Waals surface area contributed by atoms with Crippen molar-refractivity contribution in [3.05, 3.63) is 24.3 Å². The molecule has 8 heteroatoms. The van der Waals surface area contributed by atoms with E-state index in [1.165, 1.54) is 0 Å². The molecule has 1 aliphatic heterocycles. The predicted octanol–water partition coefficient (Wildman–Crippen LogP) is -0.747. The van der Waals surface area contributed by atoms with Crippen LogP contribution < -0.4 is 5.73 Å². The van der Waals surface area contributed by atoms with Crippen molar-refractivity contribution in [1.29, 1.82) is 0 Å². The van der Waals surface area contributed by atoms with E-state index < -0.39 is 35.8 Å². The summed E-state index contributed by atoms with van der Waals surface area (Å²) < 4.78 is 5.15. The van der Waals surface area contributed by atoms with E-state index >= 15 is 0 Å². The van der Waals surface area contributed by atoms with Crippen LogP contribution in [0, 0.1) is 0 Å². The lowest BCUT2D eigenvalue weighted by molar-refractivity contribution is -0.209. The van der Waals surface area contributed by atoms with E-state index in [4.69, 9.17) is 15.6 Å². The third-order valence-electron chi connectivity index (χ3n) is 2.95. The zero-order chi connectivity index (χ0) is 14.9. The van der Waals surface area contributed by atoms with E-state index in [1.807, 2.05) is 0 Å². The Morgan fingerprint density at radius 1 is 1.10 bits per heavy atom. The highest BCUT2D eigenvalue weighted by molar-refractivity contribution is 7.99. The van der Waals surface area contributed by atoms with Crippen LogP contribution in [-0.4, -0.2) is 56.2 Å². The van der Waals surface area contributed by atoms with Crippen LogP contribution >= 0.6 is 11.8 Å². The Bertz CT molecular complexity index is 481. The largest absolute Gasteiger partial charge is 0.479 e. The molecule has 1 heterocycles. The Morgan fingerprint density at radius 3 is 2.25 bits per heavy atom. The van der Waals surface area contributed by atoms with Crippen LogP contribution in [0.25, 0.3) is 0 Å². The SMILES string of the molecule is Nc1ccc(SC2OC(C(=O)O)C(O)C(O)C2O)cc1. The van der Waals surface area contributed by atoms with Gasteiger partial charge in [0.25, 0.3) is 0 Å². The molecule has 1 aromatic rings. The van der Waals surface area contributed by atoms with Crippen molar-refractivity contribution in [2.45, 2.75) is 34.7 Å². The number of nitrogens with two attached hydrogens (primary N) is 1. The van der Waals surface area contributed by atoms with Crippen molar-refractivity contribution in [3.8, 4) is 0 Å². The first-order valence-corrected chi connectivity index (χ1v) is 6.73. The number of hydrogen-bond donors (Lipinski definition) is 5. The molecule has 20 heavy (non-hydrogen) atoms. The van der Waals surface area contributed by atoms with E-state index in [-0.39, 0.29) is 0 Å². The summed E-state index contributed by atoms with van der Waals surface area (Å²) in [5, 5.41) is 38.0. The lowest BCUT2D eigenvalue weighted by Gasteiger charge is -2.38. The van der Waals surface area contributed by atoms with Gasteiger partial charge in [0, 0.05) is 10.6 Å². The first-order chi connectivity index (χ1) is 9.40. The van der Waals surface area contributed by atoms with Gasteiger partial charge in [-0.2, -0.15) is 0 Å². The van der Waals surface area contributed by atoms with Crippen LogP contribution in [-0.2, 0) is 9.53 Å². The predicted molar refractivity (Wildman–Crippen MR) is 71.0 cm³/mol. The van der Waals surface area contributed by atoms with Crippen LogP contribution in [0.1, 0.15) is 0 Å². The molecule has 0 aliphatic carbocycles. The molecule has 1 fully saturated rings. The lowest BCUT2D eigenvalue weighted by Crippen LogP contribution is -2.58. The molecule has 5 atom stereocenters. The smallest absolute Gasteiger partial charge is 0.335 e. The minimum absolute atomic E-state index is 0.568. The molecule has 110 valence electrons. The van der Waals surface area contributed by atoms with Crippen LogP contribution in [0.4, 0.5) is 5.69 Å². The van der Waals surface area contributed by atoms with Gasteiger partial charge < -0.3 is 30.9 Å². The number of anilines is 1.